The molecule has 3 N–H and O–H groups in total. The molecule has 1 heterocycles. The molecule has 0 saturated heterocycles. The highest BCUT2D eigenvalue weighted by atomic mass is 32.2. The van der Waals surface area contributed by atoms with Crippen LogP contribution in [0.3, 0.4) is 0 Å². The highest BCUT2D eigenvalue weighted by molar-refractivity contribution is 7.98. The molecular weight excluding hydrogens is 368 g/mol. The van der Waals surface area contributed by atoms with Crippen molar-refractivity contribution in [3.63, 3.8) is 0 Å². The van der Waals surface area contributed by atoms with Crippen LogP contribution < -0.4 is 11.1 Å². The molecule has 0 amide bonds. The molecule has 0 aliphatic heterocycles. The lowest BCUT2D eigenvalue weighted by Crippen LogP contribution is -2.38. The Morgan fingerprint density at radius 1 is 1.21 bits per heavy atom. The van der Waals surface area contributed by atoms with E-state index < -0.39 is 0 Å². The molecule has 6 nitrogen and oxygen atoms in total. The van der Waals surface area contributed by atoms with E-state index in [4.69, 9.17) is 5.73 Å². The van der Waals surface area contributed by atoms with Crippen LogP contribution in [-0.2, 0) is 5.54 Å². The van der Waals surface area contributed by atoms with Crippen LogP contribution in [0.1, 0.15) is 85.0 Å². The molecule has 1 aliphatic carbocycles. The van der Waals surface area contributed by atoms with E-state index >= 15 is 0 Å². The Labute approximate surface area is 176 Å². The van der Waals surface area contributed by atoms with Crippen LogP contribution in [0, 0.1) is 17.3 Å². The number of tetrazole rings is 1. The number of nitrogens with one attached hydrogen (secondary N) is 1. The van der Waals surface area contributed by atoms with E-state index in [1.165, 1.54) is 25.7 Å². The minimum Gasteiger partial charge on any atom is -0.330 e. The van der Waals surface area contributed by atoms with Gasteiger partial charge in [-0.2, -0.15) is 11.8 Å². The molecule has 3 atom stereocenters. The minimum absolute atomic E-state index is 0.119. The number of hydrogen-bond acceptors (Lipinski definition) is 6. The van der Waals surface area contributed by atoms with Crippen LogP contribution in [0.2, 0.25) is 0 Å². The first kappa shape index (κ1) is 23.6. The first-order valence-corrected chi connectivity index (χ1v) is 12.3. The monoisotopic (exact) mass is 410 g/mol. The van der Waals surface area contributed by atoms with Crippen LogP contribution in [0.4, 0.5) is 0 Å². The van der Waals surface area contributed by atoms with E-state index in [0.717, 1.165) is 37.5 Å². The maximum absolute atomic E-state index is 5.93. The number of thioether (sulfide) groups is 1. The largest absolute Gasteiger partial charge is 0.330 e. The molecule has 1 fully saturated rings. The summed E-state index contributed by atoms with van der Waals surface area (Å²) in [5.74, 6) is 3.49. The van der Waals surface area contributed by atoms with Gasteiger partial charge >= 0.3 is 0 Å². The molecule has 0 aromatic carbocycles. The third kappa shape index (κ3) is 6.99. The van der Waals surface area contributed by atoms with Gasteiger partial charge in [0, 0.05) is 0 Å². The molecular formula is C21H42N6S. The number of nitrogens with two attached hydrogens (primary N) is 1. The second-order valence-electron chi connectivity index (χ2n) is 10.4. The van der Waals surface area contributed by atoms with Gasteiger partial charge in [-0.15, -0.1) is 5.10 Å². The third-order valence-corrected chi connectivity index (χ3v) is 6.47. The van der Waals surface area contributed by atoms with Crippen LogP contribution in [-0.4, -0.2) is 45.3 Å². The van der Waals surface area contributed by atoms with Crippen LogP contribution in [0.15, 0.2) is 0 Å². The SMILES string of the molecule is CSCCC(NCC1CCCC(CN)C1)c1nnnn1C(C)(C)CC(C)(C)C. The maximum atomic E-state index is 5.93. The molecule has 1 saturated carbocycles. The minimum atomic E-state index is -0.119. The quantitative estimate of drug-likeness (QED) is 0.607. The van der Waals surface area contributed by atoms with Gasteiger partial charge < -0.3 is 11.1 Å². The van der Waals surface area contributed by atoms with Gasteiger partial charge in [0.15, 0.2) is 5.82 Å². The zero-order valence-electron chi connectivity index (χ0n) is 18.9. The predicted octanol–water partition coefficient (Wildman–Crippen LogP) is 3.99. The fourth-order valence-corrected chi connectivity index (χ4v) is 5.36. The van der Waals surface area contributed by atoms with Gasteiger partial charge in [0.05, 0.1) is 11.6 Å². The van der Waals surface area contributed by atoms with Crippen molar-refractivity contribution in [2.75, 3.05) is 25.1 Å². The summed E-state index contributed by atoms with van der Waals surface area (Å²) in [5.41, 5.74) is 6.03. The lowest BCUT2D eigenvalue weighted by atomic mass is 9.81. The van der Waals surface area contributed by atoms with Gasteiger partial charge in [0.2, 0.25) is 0 Å². The average Bonchev–Trinajstić information content (AvgIpc) is 3.10. The summed E-state index contributed by atoms with van der Waals surface area (Å²) in [6.07, 6.45) is 9.38. The first-order valence-electron chi connectivity index (χ1n) is 10.9. The van der Waals surface area contributed by atoms with Crippen molar-refractivity contribution in [3.8, 4) is 0 Å². The zero-order chi connectivity index (χ0) is 20.8. The molecule has 1 aliphatic rings. The van der Waals surface area contributed by atoms with Crippen molar-refractivity contribution in [2.45, 2.75) is 84.7 Å². The van der Waals surface area contributed by atoms with E-state index in [2.05, 4.69) is 66.4 Å². The molecule has 162 valence electrons. The Balaban J connectivity index is 2.12. The molecule has 3 unspecified atom stereocenters. The Morgan fingerprint density at radius 3 is 2.57 bits per heavy atom. The Kier molecular flexibility index (Phi) is 8.77. The summed E-state index contributed by atoms with van der Waals surface area (Å²) in [6, 6.07) is 0.194. The molecule has 2 rings (SSSR count). The normalized spacial score (nSPS) is 22.4. The first-order chi connectivity index (χ1) is 13.2. The standard InChI is InChI=1S/C21H42N6S/c1-20(2,3)15-21(4,5)27-19(24-25-26-27)18(10-11-28-6)23-14-17-9-7-8-16(12-17)13-22/h16-18,23H,7-15,22H2,1-6H3. The van der Waals surface area contributed by atoms with Crippen molar-refractivity contribution in [2.24, 2.45) is 23.0 Å². The summed E-state index contributed by atoms with van der Waals surface area (Å²) in [6.45, 7) is 13.2. The van der Waals surface area contributed by atoms with Gasteiger partial charge in [0.25, 0.3) is 0 Å². The molecule has 0 radical (unpaired) electrons. The van der Waals surface area contributed by atoms with Crippen molar-refractivity contribution < 1.29 is 0 Å². The summed E-state index contributed by atoms with van der Waals surface area (Å²) in [7, 11) is 0. The van der Waals surface area contributed by atoms with Gasteiger partial charge in [-0.05, 0) is 98.7 Å². The van der Waals surface area contributed by atoms with Crippen molar-refractivity contribution in [3.05, 3.63) is 5.82 Å². The van der Waals surface area contributed by atoms with E-state index in [-0.39, 0.29) is 17.0 Å². The van der Waals surface area contributed by atoms with Crippen molar-refractivity contribution in [1.29, 1.82) is 0 Å². The van der Waals surface area contributed by atoms with Gasteiger partial charge in [-0.1, -0.05) is 27.2 Å². The van der Waals surface area contributed by atoms with Gasteiger partial charge in [-0.3, -0.25) is 0 Å². The molecule has 1 aromatic heterocycles. The predicted molar refractivity (Wildman–Crippen MR) is 119 cm³/mol. The average molecular weight is 411 g/mol. The van der Waals surface area contributed by atoms with E-state index in [1.807, 2.05) is 11.8 Å². The number of aromatic nitrogens is 4. The fraction of sp³-hybridized carbons (Fsp3) is 0.952. The summed E-state index contributed by atoms with van der Waals surface area (Å²) < 4.78 is 2.07. The Bertz CT molecular complexity index is 580. The second kappa shape index (κ2) is 10.4. The zero-order valence-corrected chi connectivity index (χ0v) is 19.7. The fourth-order valence-electron chi connectivity index (χ4n) is 4.88. The highest BCUT2D eigenvalue weighted by Crippen LogP contribution is 2.34. The molecule has 0 spiro atoms. The van der Waals surface area contributed by atoms with Crippen LogP contribution >= 0.6 is 11.8 Å². The molecule has 1 aromatic rings. The van der Waals surface area contributed by atoms with Gasteiger partial charge in [-0.25, -0.2) is 4.68 Å². The van der Waals surface area contributed by atoms with Crippen LogP contribution in [0.5, 0.6) is 0 Å². The number of rotatable bonds is 10. The van der Waals surface area contributed by atoms with E-state index in [0.29, 0.717) is 11.8 Å². The van der Waals surface area contributed by atoms with Crippen LogP contribution in [0.25, 0.3) is 0 Å². The van der Waals surface area contributed by atoms with Gasteiger partial charge in [0.1, 0.15) is 0 Å². The summed E-state index contributed by atoms with van der Waals surface area (Å²) >= 11 is 1.88. The molecule has 0 bridgehead atoms. The second-order valence-corrected chi connectivity index (χ2v) is 11.4. The summed E-state index contributed by atoms with van der Waals surface area (Å²) in [5, 5.41) is 16.8. The Morgan fingerprint density at radius 2 is 1.93 bits per heavy atom. The lowest BCUT2D eigenvalue weighted by molar-refractivity contribution is 0.185. The molecule has 7 heteroatoms. The molecule has 28 heavy (non-hydrogen) atoms. The van der Waals surface area contributed by atoms with Crippen molar-refractivity contribution in [1.82, 2.24) is 25.5 Å². The third-order valence-electron chi connectivity index (χ3n) is 5.83. The van der Waals surface area contributed by atoms with Crippen molar-refractivity contribution >= 4 is 11.8 Å². The summed E-state index contributed by atoms with van der Waals surface area (Å²) in [4.78, 5) is 0. The van der Waals surface area contributed by atoms with E-state index in [1.54, 1.807) is 0 Å². The van der Waals surface area contributed by atoms with E-state index in [9.17, 15) is 0 Å². The number of nitrogens with zero attached hydrogens (tertiary/aromatic N) is 4. The topological polar surface area (TPSA) is 81.7 Å². The smallest absolute Gasteiger partial charge is 0.168 e. The lowest BCUT2D eigenvalue weighted by Gasteiger charge is -2.34. The number of hydrogen-bond donors (Lipinski definition) is 2. The highest BCUT2D eigenvalue weighted by Gasteiger charge is 2.33. The maximum Gasteiger partial charge on any atom is 0.168 e. The Hall–Kier alpha value is -0.660.